The van der Waals surface area contributed by atoms with E-state index in [0.717, 1.165) is 5.92 Å². The van der Waals surface area contributed by atoms with Gasteiger partial charge in [0.05, 0.1) is 0 Å². The lowest BCUT2D eigenvalue weighted by Gasteiger charge is -2.30. The van der Waals surface area contributed by atoms with Crippen LogP contribution in [0.15, 0.2) is 0 Å². The molecule has 2 rings (SSSR count). The molecular formula is C11H23N3. The summed E-state index contributed by atoms with van der Waals surface area (Å²) >= 11 is 0. The van der Waals surface area contributed by atoms with E-state index in [0.29, 0.717) is 12.1 Å². The molecule has 2 aliphatic rings. The molecule has 0 aromatic heterocycles. The Morgan fingerprint density at radius 1 is 1.29 bits per heavy atom. The van der Waals surface area contributed by atoms with Crippen molar-refractivity contribution in [3.05, 3.63) is 0 Å². The third-order valence-electron chi connectivity index (χ3n) is 3.90. The lowest BCUT2D eigenvalue weighted by molar-refractivity contribution is 0.196. The van der Waals surface area contributed by atoms with Crippen LogP contribution >= 0.6 is 0 Å². The van der Waals surface area contributed by atoms with Crippen molar-refractivity contribution >= 4 is 0 Å². The van der Waals surface area contributed by atoms with Gasteiger partial charge in [-0.25, -0.2) is 0 Å². The van der Waals surface area contributed by atoms with Crippen molar-refractivity contribution in [3.8, 4) is 0 Å². The van der Waals surface area contributed by atoms with Gasteiger partial charge in [0, 0.05) is 25.2 Å². The van der Waals surface area contributed by atoms with E-state index in [1.807, 2.05) is 0 Å². The maximum atomic E-state index is 6.02. The van der Waals surface area contributed by atoms with Crippen LogP contribution in [0.2, 0.25) is 0 Å². The molecule has 2 unspecified atom stereocenters. The second-order valence-electron chi connectivity index (χ2n) is 4.88. The topological polar surface area (TPSA) is 41.3 Å². The molecule has 2 fully saturated rings. The van der Waals surface area contributed by atoms with Gasteiger partial charge >= 0.3 is 0 Å². The van der Waals surface area contributed by atoms with Crippen LogP contribution in [0.3, 0.4) is 0 Å². The van der Waals surface area contributed by atoms with Gasteiger partial charge in [-0.15, -0.1) is 0 Å². The highest BCUT2D eigenvalue weighted by Gasteiger charge is 2.29. The fourth-order valence-corrected chi connectivity index (χ4v) is 2.68. The highest BCUT2D eigenvalue weighted by atomic mass is 15.2. The molecule has 0 aromatic carbocycles. The number of hydrogen-bond acceptors (Lipinski definition) is 3. The van der Waals surface area contributed by atoms with Gasteiger partial charge in [-0.1, -0.05) is 0 Å². The van der Waals surface area contributed by atoms with Gasteiger partial charge in [-0.2, -0.15) is 0 Å². The van der Waals surface area contributed by atoms with Crippen LogP contribution in [0.4, 0.5) is 0 Å². The summed E-state index contributed by atoms with van der Waals surface area (Å²) in [6.45, 7) is 7.18. The van der Waals surface area contributed by atoms with E-state index in [1.165, 1.54) is 45.4 Å². The van der Waals surface area contributed by atoms with Crippen molar-refractivity contribution in [1.29, 1.82) is 0 Å². The largest absolute Gasteiger partial charge is 0.326 e. The SMILES string of the molecule is CC1C(N)CCN1CC1CCNCC1. The summed E-state index contributed by atoms with van der Waals surface area (Å²) < 4.78 is 0. The average molecular weight is 197 g/mol. The van der Waals surface area contributed by atoms with Gasteiger partial charge in [0.2, 0.25) is 0 Å². The van der Waals surface area contributed by atoms with Crippen molar-refractivity contribution < 1.29 is 0 Å². The third kappa shape index (κ3) is 2.27. The zero-order valence-electron chi connectivity index (χ0n) is 9.21. The third-order valence-corrected chi connectivity index (χ3v) is 3.90. The summed E-state index contributed by atoms with van der Waals surface area (Å²) in [5.41, 5.74) is 6.02. The Hall–Kier alpha value is -0.120. The lowest BCUT2D eigenvalue weighted by Crippen LogP contribution is -2.41. The normalized spacial score (nSPS) is 36.4. The summed E-state index contributed by atoms with van der Waals surface area (Å²) in [5.74, 6) is 0.906. The molecule has 0 aromatic rings. The predicted molar refractivity (Wildman–Crippen MR) is 59.2 cm³/mol. The summed E-state index contributed by atoms with van der Waals surface area (Å²) in [6, 6.07) is 1.02. The first-order valence-corrected chi connectivity index (χ1v) is 5.97. The smallest absolute Gasteiger partial charge is 0.0219 e. The molecule has 0 spiro atoms. The maximum Gasteiger partial charge on any atom is 0.0219 e. The second-order valence-corrected chi connectivity index (χ2v) is 4.88. The van der Waals surface area contributed by atoms with Crippen molar-refractivity contribution in [2.45, 2.75) is 38.3 Å². The average Bonchev–Trinajstić information content (AvgIpc) is 2.52. The Labute approximate surface area is 87.0 Å². The van der Waals surface area contributed by atoms with Crippen LogP contribution in [0, 0.1) is 5.92 Å². The zero-order chi connectivity index (χ0) is 9.97. The number of nitrogens with one attached hydrogen (secondary N) is 1. The lowest BCUT2D eigenvalue weighted by atomic mass is 9.97. The van der Waals surface area contributed by atoms with Gasteiger partial charge in [0.15, 0.2) is 0 Å². The molecule has 3 heteroatoms. The van der Waals surface area contributed by atoms with E-state index in [2.05, 4.69) is 17.1 Å². The molecule has 82 valence electrons. The Balaban J connectivity index is 1.79. The summed E-state index contributed by atoms with van der Waals surface area (Å²) in [7, 11) is 0. The first-order chi connectivity index (χ1) is 6.77. The van der Waals surface area contributed by atoms with E-state index >= 15 is 0 Å². The minimum absolute atomic E-state index is 0.414. The molecule has 0 amide bonds. The van der Waals surface area contributed by atoms with E-state index in [9.17, 15) is 0 Å². The molecule has 0 bridgehead atoms. The number of piperidine rings is 1. The van der Waals surface area contributed by atoms with Crippen molar-refractivity contribution in [2.75, 3.05) is 26.2 Å². The van der Waals surface area contributed by atoms with Crippen LogP contribution in [0.5, 0.6) is 0 Å². The van der Waals surface area contributed by atoms with Gasteiger partial charge < -0.3 is 11.1 Å². The van der Waals surface area contributed by atoms with Crippen molar-refractivity contribution in [1.82, 2.24) is 10.2 Å². The van der Waals surface area contributed by atoms with Gasteiger partial charge in [0.1, 0.15) is 0 Å². The molecule has 2 heterocycles. The van der Waals surface area contributed by atoms with Crippen LogP contribution in [0.25, 0.3) is 0 Å². The molecule has 0 aliphatic carbocycles. The fourth-order valence-electron chi connectivity index (χ4n) is 2.68. The van der Waals surface area contributed by atoms with E-state index in [-0.39, 0.29) is 0 Å². The molecule has 2 saturated heterocycles. The van der Waals surface area contributed by atoms with Crippen LogP contribution in [-0.4, -0.2) is 43.2 Å². The summed E-state index contributed by atoms with van der Waals surface area (Å²) in [4.78, 5) is 2.58. The van der Waals surface area contributed by atoms with E-state index in [1.54, 1.807) is 0 Å². The molecule has 0 saturated carbocycles. The quantitative estimate of drug-likeness (QED) is 0.673. The zero-order valence-corrected chi connectivity index (χ0v) is 9.21. The number of nitrogens with zero attached hydrogens (tertiary/aromatic N) is 1. The monoisotopic (exact) mass is 197 g/mol. The Morgan fingerprint density at radius 3 is 2.57 bits per heavy atom. The van der Waals surface area contributed by atoms with Gasteiger partial charge in [-0.05, 0) is 45.2 Å². The van der Waals surface area contributed by atoms with E-state index in [4.69, 9.17) is 5.73 Å². The van der Waals surface area contributed by atoms with Gasteiger partial charge in [0.25, 0.3) is 0 Å². The van der Waals surface area contributed by atoms with Crippen molar-refractivity contribution in [2.24, 2.45) is 11.7 Å². The predicted octanol–water partition coefficient (Wildman–Crippen LogP) is 0.408. The summed E-state index contributed by atoms with van der Waals surface area (Å²) in [6.07, 6.45) is 3.88. The summed E-state index contributed by atoms with van der Waals surface area (Å²) in [5, 5.41) is 3.42. The number of likely N-dealkylation sites (tertiary alicyclic amines) is 1. The maximum absolute atomic E-state index is 6.02. The minimum Gasteiger partial charge on any atom is -0.326 e. The highest BCUT2D eigenvalue weighted by Crippen LogP contribution is 2.20. The first kappa shape index (κ1) is 10.4. The molecule has 0 radical (unpaired) electrons. The molecule has 14 heavy (non-hydrogen) atoms. The Morgan fingerprint density at radius 2 is 2.00 bits per heavy atom. The standard InChI is InChI=1S/C11H23N3/c1-9-11(12)4-7-14(9)8-10-2-5-13-6-3-10/h9-11,13H,2-8,12H2,1H3. The van der Waals surface area contributed by atoms with Crippen molar-refractivity contribution in [3.63, 3.8) is 0 Å². The first-order valence-electron chi connectivity index (χ1n) is 5.97. The molecule has 3 N–H and O–H groups in total. The molecular weight excluding hydrogens is 174 g/mol. The number of rotatable bonds is 2. The fraction of sp³-hybridized carbons (Fsp3) is 1.00. The number of nitrogens with two attached hydrogens (primary N) is 1. The number of hydrogen-bond donors (Lipinski definition) is 2. The molecule has 2 atom stereocenters. The minimum atomic E-state index is 0.414. The van der Waals surface area contributed by atoms with Crippen LogP contribution in [-0.2, 0) is 0 Å². The van der Waals surface area contributed by atoms with Crippen LogP contribution in [0.1, 0.15) is 26.2 Å². The Kier molecular flexibility index (Phi) is 3.42. The Bertz CT molecular complexity index is 177. The second kappa shape index (κ2) is 4.60. The van der Waals surface area contributed by atoms with Gasteiger partial charge in [-0.3, -0.25) is 4.90 Å². The molecule has 2 aliphatic heterocycles. The highest BCUT2D eigenvalue weighted by molar-refractivity contribution is 4.88. The van der Waals surface area contributed by atoms with Crippen LogP contribution < -0.4 is 11.1 Å². The van der Waals surface area contributed by atoms with E-state index < -0.39 is 0 Å². The molecule has 3 nitrogen and oxygen atoms in total.